The minimum absolute atomic E-state index is 0.0663. The molecule has 1 aromatic rings. The highest BCUT2D eigenvalue weighted by molar-refractivity contribution is 6.30. The summed E-state index contributed by atoms with van der Waals surface area (Å²) in [4.78, 5) is 13.6. The number of halogens is 1. The molecule has 0 saturated carbocycles. The quantitative estimate of drug-likeness (QED) is 0.876. The highest BCUT2D eigenvalue weighted by atomic mass is 35.5. The first kappa shape index (κ1) is 14.0. The van der Waals surface area contributed by atoms with Gasteiger partial charge < -0.3 is 10.2 Å². The lowest BCUT2D eigenvalue weighted by molar-refractivity contribution is -0.131. The van der Waals surface area contributed by atoms with Crippen LogP contribution in [0.1, 0.15) is 24.9 Å². The Labute approximate surface area is 108 Å². The van der Waals surface area contributed by atoms with E-state index in [0.717, 1.165) is 5.56 Å². The minimum atomic E-state index is 0.0663. The van der Waals surface area contributed by atoms with Crippen LogP contribution in [0, 0.1) is 0 Å². The second kappa shape index (κ2) is 6.62. The molecular formula is C13H19ClN2O. The van der Waals surface area contributed by atoms with Crippen LogP contribution < -0.4 is 5.32 Å². The molecule has 1 atom stereocenters. The van der Waals surface area contributed by atoms with Gasteiger partial charge in [-0.15, -0.1) is 0 Å². The van der Waals surface area contributed by atoms with Gasteiger partial charge in [0.15, 0.2) is 0 Å². The van der Waals surface area contributed by atoms with Crippen LogP contribution in [0.2, 0.25) is 5.02 Å². The van der Waals surface area contributed by atoms with Crippen LogP contribution in [0.3, 0.4) is 0 Å². The summed E-state index contributed by atoms with van der Waals surface area (Å²) in [6, 6.07) is 7.67. The summed E-state index contributed by atoms with van der Waals surface area (Å²) in [5, 5.41) is 3.69. The van der Waals surface area contributed by atoms with Crippen LogP contribution in [0.4, 0.5) is 0 Å². The smallest absolute Gasteiger partial charge is 0.224 e. The van der Waals surface area contributed by atoms with Gasteiger partial charge in [0.05, 0.1) is 6.04 Å². The predicted molar refractivity (Wildman–Crippen MR) is 71.2 cm³/mol. The molecule has 4 heteroatoms. The molecule has 3 nitrogen and oxygen atoms in total. The lowest BCUT2D eigenvalue weighted by Crippen LogP contribution is -2.31. The molecule has 1 rings (SSSR count). The standard InChI is InChI=1S/C13H19ClN2O/c1-10(11-4-6-12(14)7-5-11)16(3)13(17)8-9-15-2/h4-7,10,15H,8-9H2,1-3H3. The Morgan fingerprint density at radius 3 is 2.53 bits per heavy atom. The third kappa shape index (κ3) is 4.02. The summed E-state index contributed by atoms with van der Waals surface area (Å²) >= 11 is 5.84. The topological polar surface area (TPSA) is 32.3 Å². The van der Waals surface area contributed by atoms with E-state index in [4.69, 9.17) is 11.6 Å². The lowest BCUT2D eigenvalue weighted by atomic mass is 10.1. The molecule has 0 fully saturated rings. The van der Waals surface area contributed by atoms with Crippen molar-refractivity contribution in [3.05, 3.63) is 34.9 Å². The monoisotopic (exact) mass is 254 g/mol. The van der Waals surface area contributed by atoms with Crippen molar-refractivity contribution in [2.45, 2.75) is 19.4 Å². The number of hydrogen-bond acceptors (Lipinski definition) is 2. The Bertz CT molecular complexity index is 364. The molecule has 0 aliphatic carbocycles. The highest BCUT2D eigenvalue weighted by Crippen LogP contribution is 2.21. The number of carbonyl (C=O) groups is 1. The van der Waals surface area contributed by atoms with Crippen molar-refractivity contribution in [3.8, 4) is 0 Å². The van der Waals surface area contributed by atoms with E-state index < -0.39 is 0 Å². The second-order valence-electron chi connectivity index (χ2n) is 4.09. The number of carbonyl (C=O) groups excluding carboxylic acids is 1. The van der Waals surface area contributed by atoms with E-state index in [1.165, 1.54) is 0 Å². The van der Waals surface area contributed by atoms with Crippen LogP contribution >= 0.6 is 11.6 Å². The Hall–Kier alpha value is -1.06. The fraction of sp³-hybridized carbons (Fsp3) is 0.462. The molecular weight excluding hydrogens is 236 g/mol. The fourth-order valence-corrected chi connectivity index (χ4v) is 1.72. The lowest BCUT2D eigenvalue weighted by Gasteiger charge is -2.25. The number of nitrogens with one attached hydrogen (secondary N) is 1. The second-order valence-corrected chi connectivity index (χ2v) is 4.52. The van der Waals surface area contributed by atoms with Crippen molar-refractivity contribution in [1.82, 2.24) is 10.2 Å². The number of rotatable bonds is 5. The Morgan fingerprint density at radius 2 is 2.00 bits per heavy atom. The Morgan fingerprint density at radius 1 is 1.41 bits per heavy atom. The van der Waals surface area contributed by atoms with Crippen molar-refractivity contribution in [2.75, 3.05) is 20.6 Å². The van der Waals surface area contributed by atoms with Gasteiger partial charge in [-0.2, -0.15) is 0 Å². The van der Waals surface area contributed by atoms with Gasteiger partial charge in [-0.3, -0.25) is 4.79 Å². The summed E-state index contributed by atoms with van der Waals surface area (Å²) in [7, 11) is 3.67. The van der Waals surface area contributed by atoms with Crippen LogP contribution in [0.25, 0.3) is 0 Å². The summed E-state index contributed by atoms with van der Waals surface area (Å²) in [6.07, 6.45) is 0.519. The maximum absolute atomic E-state index is 11.8. The molecule has 94 valence electrons. The number of nitrogens with zero attached hydrogens (tertiary/aromatic N) is 1. The van der Waals surface area contributed by atoms with Crippen LogP contribution in [-0.2, 0) is 4.79 Å². The van der Waals surface area contributed by atoms with Crippen molar-refractivity contribution in [1.29, 1.82) is 0 Å². The van der Waals surface area contributed by atoms with Crippen molar-refractivity contribution < 1.29 is 4.79 Å². The zero-order chi connectivity index (χ0) is 12.8. The molecule has 0 radical (unpaired) electrons. The molecule has 0 saturated heterocycles. The molecule has 0 aliphatic rings. The van der Waals surface area contributed by atoms with Gasteiger partial charge in [-0.1, -0.05) is 23.7 Å². The molecule has 0 bridgehead atoms. The van der Waals surface area contributed by atoms with E-state index in [-0.39, 0.29) is 11.9 Å². The maximum atomic E-state index is 11.8. The zero-order valence-corrected chi connectivity index (χ0v) is 11.3. The fourth-order valence-electron chi connectivity index (χ4n) is 1.59. The average Bonchev–Trinajstić information content (AvgIpc) is 2.35. The van der Waals surface area contributed by atoms with Gasteiger partial charge in [-0.25, -0.2) is 0 Å². The third-order valence-corrected chi connectivity index (χ3v) is 3.17. The van der Waals surface area contributed by atoms with Gasteiger partial charge in [0.2, 0.25) is 5.91 Å². The molecule has 0 heterocycles. The van der Waals surface area contributed by atoms with E-state index in [1.54, 1.807) is 4.90 Å². The Kier molecular flexibility index (Phi) is 5.45. The molecule has 1 N–H and O–H groups in total. The number of hydrogen-bond donors (Lipinski definition) is 1. The minimum Gasteiger partial charge on any atom is -0.339 e. The molecule has 1 aromatic carbocycles. The van der Waals surface area contributed by atoms with Gasteiger partial charge in [0.1, 0.15) is 0 Å². The van der Waals surface area contributed by atoms with Gasteiger partial charge >= 0.3 is 0 Å². The van der Waals surface area contributed by atoms with Gasteiger partial charge in [-0.05, 0) is 31.7 Å². The molecule has 0 aliphatic heterocycles. The van der Waals surface area contributed by atoms with Crippen molar-refractivity contribution in [3.63, 3.8) is 0 Å². The molecule has 0 aromatic heterocycles. The molecule has 1 amide bonds. The largest absolute Gasteiger partial charge is 0.339 e. The SMILES string of the molecule is CNCCC(=O)N(C)C(C)c1ccc(Cl)cc1. The van der Waals surface area contributed by atoms with E-state index in [0.29, 0.717) is 18.0 Å². The van der Waals surface area contributed by atoms with Crippen molar-refractivity contribution in [2.24, 2.45) is 0 Å². The zero-order valence-electron chi connectivity index (χ0n) is 10.5. The van der Waals surface area contributed by atoms with Gasteiger partial charge in [0.25, 0.3) is 0 Å². The van der Waals surface area contributed by atoms with Gasteiger partial charge in [0, 0.05) is 25.0 Å². The van der Waals surface area contributed by atoms with Crippen molar-refractivity contribution >= 4 is 17.5 Å². The summed E-state index contributed by atoms with van der Waals surface area (Å²) in [6.45, 7) is 2.72. The van der Waals surface area contributed by atoms with E-state index in [1.807, 2.05) is 45.3 Å². The highest BCUT2D eigenvalue weighted by Gasteiger charge is 2.16. The maximum Gasteiger partial charge on any atom is 0.224 e. The molecule has 1 unspecified atom stereocenters. The summed E-state index contributed by atoms with van der Waals surface area (Å²) < 4.78 is 0. The van der Waals surface area contributed by atoms with Crippen LogP contribution in [0.5, 0.6) is 0 Å². The first-order chi connectivity index (χ1) is 8.06. The normalized spacial score (nSPS) is 12.2. The summed E-state index contributed by atoms with van der Waals surface area (Å²) in [5.41, 5.74) is 1.09. The molecule has 17 heavy (non-hydrogen) atoms. The van der Waals surface area contributed by atoms with Crippen LogP contribution in [-0.4, -0.2) is 31.4 Å². The number of amides is 1. The predicted octanol–water partition coefficient (Wildman–Crippen LogP) is 2.47. The molecule has 0 spiro atoms. The third-order valence-electron chi connectivity index (χ3n) is 2.92. The first-order valence-corrected chi connectivity index (χ1v) is 6.09. The van der Waals surface area contributed by atoms with E-state index >= 15 is 0 Å². The Balaban J connectivity index is 2.65. The summed E-state index contributed by atoms with van der Waals surface area (Å²) in [5.74, 6) is 0.141. The average molecular weight is 255 g/mol. The number of benzene rings is 1. The van der Waals surface area contributed by atoms with E-state index in [9.17, 15) is 4.79 Å². The first-order valence-electron chi connectivity index (χ1n) is 5.72. The van der Waals surface area contributed by atoms with Crippen LogP contribution in [0.15, 0.2) is 24.3 Å². The van der Waals surface area contributed by atoms with E-state index in [2.05, 4.69) is 5.32 Å².